The Morgan fingerprint density at radius 1 is 1.06 bits per heavy atom. The molecule has 1 amide bonds. The number of rotatable bonds is 5. The van der Waals surface area contributed by atoms with E-state index in [1.54, 1.807) is 31.4 Å². The Labute approximate surface area is 188 Å². The molecule has 1 aliphatic rings. The molecule has 1 heterocycles. The second-order valence-electron chi connectivity index (χ2n) is 8.12. The summed E-state index contributed by atoms with van der Waals surface area (Å²) in [5.41, 5.74) is -0.298. The van der Waals surface area contributed by atoms with Gasteiger partial charge in [-0.25, -0.2) is 9.37 Å². The van der Waals surface area contributed by atoms with Crippen molar-refractivity contribution in [1.82, 2.24) is 10.3 Å². The summed E-state index contributed by atoms with van der Waals surface area (Å²) in [5, 5.41) is 6.43. The maximum atomic E-state index is 13.8. The van der Waals surface area contributed by atoms with Gasteiger partial charge in [0.15, 0.2) is 0 Å². The number of carbonyl (C=O) groups excluding carboxylic acids is 1. The molecule has 33 heavy (non-hydrogen) atoms. The first-order chi connectivity index (χ1) is 15.7. The number of nitrogens with zero attached hydrogens (tertiary/aromatic N) is 1. The number of alkyl halides is 3. The lowest BCUT2D eigenvalue weighted by Gasteiger charge is -2.31. The molecule has 0 unspecified atom stereocenters. The van der Waals surface area contributed by atoms with Gasteiger partial charge in [0.1, 0.15) is 17.3 Å². The summed E-state index contributed by atoms with van der Waals surface area (Å²) in [5.74, 6) is -0.132. The van der Waals surface area contributed by atoms with E-state index in [-0.39, 0.29) is 34.6 Å². The number of anilines is 1. The van der Waals surface area contributed by atoms with Crippen molar-refractivity contribution in [2.45, 2.75) is 43.9 Å². The standard InChI is InChI=1S/C24H23F4N3O2/c1-33-18-8-5-14(6-9-18)23(32)30-17-4-2-3-16(12-17)29-21-13-22(24(26,27)28)31-20-10-7-15(25)11-19(20)21/h5-11,13,16-17H,2-4,12H2,1H3,(H,29,31)(H,30,32)/t16-,17+/m0/s1. The Balaban J connectivity index is 1.51. The van der Waals surface area contributed by atoms with Crippen LogP contribution < -0.4 is 15.4 Å². The molecule has 0 saturated heterocycles. The lowest BCUT2D eigenvalue weighted by molar-refractivity contribution is -0.140. The highest BCUT2D eigenvalue weighted by Crippen LogP contribution is 2.34. The maximum Gasteiger partial charge on any atom is 0.433 e. The van der Waals surface area contributed by atoms with Crippen LogP contribution in [0, 0.1) is 5.82 Å². The molecule has 2 atom stereocenters. The predicted octanol–water partition coefficient (Wildman–Crippen LogP) is 5.55. The van der Waals surface area contributed by atoms with E-state index >= 15 is 0 Å². The van der Waals surface area contributed by atoms with Crippen molar-refractivity contribution in [2.24, 2.45) is 0 Å². The molecule has 3 aromatic rings. The van der Waals surface area contributed by atoms with Crippen LogP contribution in [0.1, 0.15) is 41.7 Å². The molecule has 2 aromatic carbocycles. The number of pyridine rings is 1. The number of halogens is 4. The molecule has 1 aliphatic carbocycles. The van der Waals surface area contributed by atoms with Crippen LogP contribution in [-0.4, -0.2) is 30.1 Å². The van der Waals surface area contributed by atoms with Crippen molar-refractivity contribution < 1.29 is 27.1 Å². The normalized spacial score (nSPS) is 18.7. The highest BCUT2D eigenvalue weighted by Gasteiger charge is 2.34. The molecule has 0 radical (unpaired) electrons. The number of ether oxygens (including phenoxy) is 1. The molecule has 2 N–H and O–H groups in total. The second-order valence-corrected chi connectivity index (χ2v) is 8.12. The van der Waals surface area contributed by atoms with Gasteiger partial charge in [0.2, 0.25) is 0 Å². The number of methoxy groups -OCH3 is 1. The fourth-order valence-electron chi connectivity index (χ4n) is 4.15. The fraction of sp³-hybridized carbons (Fsp3) is 0.333. The van der Waals surface area contributed by atoms with Crippen LogP contribution in [-0.2, 0) is 6.18 Å². The quantitative estimate of drug-likeness (QED) is 0.489. The van der Waals surface area contributed by atoms with Crippen LogP contribution in [0.4, 0.5) is 23.2 Å². The maximum absolute atomic E-state index is 13.8. The number of hydrogen-bond acceptors (Lipinski definition) is 4. The van der Waals surface area contributed by atoms with Gasteiger partial charge in [-0.15, -0.1) is 0 Å². The third-order valence-electron chi connectivity index (χ3n) is 5.78. The number of hydrogen-bond donors (Lipinski definition) is 2. The van der Waals surface area contributed by atoms with E-state index in [0.29, 0.717) is 17.7 Å². The van der Waals surface area contributed by atoms with Gasteiger partial charge in [0.05, 0.1) is 12.6 Å². The molecule has 9 heteroatoms. The molecular weight excluding hydrogens is 438 g/mol. The minimum absolute atomic E-state index is 0.0638. The van der Waals surface area contributed by atoms with Crippen molar-refractivity contribution in [3.8, 4) is 5.75 Å². The molecule has 0 aliphatic heterocycles. The van der Waals surface area contributed by atoms with Crippen molar-refractivity contribution in [1.29, 1.82) is 0 Å². The predicted molar refractivity (Wildman–Crippen MR) is 117 cm³/mol. The van der Waals surface area contributed by atoms with E-state index in [1.165, 1.54) is 12.1 Å². The van der Waals surface area contributed by atoms with E-state index in [1.807, 2.05) is 0 Å². The summed E-state index contributed by atoms with van der Waals surface area (Å²) in [6.45, 7) is 0. The molecule has 4 rings (SSSR count). The zero-order valence-corrected chi connectivity index (χ0v) is 17.9. The van der Waals surface area contributed by atoms with Crippen LogP contribution in [0.2, 0.25) is 0 Å². The monoisotopic (exact) mass is 461 g/mol. The number of carbonyl (C=O) groups is 1. The van der Waals surface area contributed by atoms with E-state index in [0.717, 1.165) is 31.4 Å². The summed E-state index contributed by atoms with van der Waals surface area (Å²) in [6, 6.07) is 10.8. The van der Waals surface area contributed by atoms with Crippen molar-refractivity contribution in [3.05, 3.63) is 65.6 Å². The van der Waals surface area contributed by atoms with Gasteiger partial charge >= 0.3 is 6.18 Å². The van der Waals surface area contributed by atoms with Crippen LogP contribution in [0.3, 0.4) is 0 Å². The van der Waals surface area contributed by atoms with Gasteiger partial charge in [-0.1, -0.05) is 0 Å². The number of benzene rings is 2. The summed E-state index contributed by atoms with van der Waals surface area (Å²) in [7, 11) is 1.54. The van der Waals surface area contributed by atoms with Crippen molar-refractivity contribution in [2.75, 3.05) is 12.4 Å². The highest BCUT2D eigenvalue weighted by atomic mass is 19.4. The van der Waals surface area contributed by atoms with Gasteiger partial charge in [-0.05, 0) is 74.2 Å². The van der Waals surface area contributed by atoms with Crippen LogP contribution in [0.15, 0.2) is 48.5 Å². The van der Waals surface area contributed by atoms with E-state index in [2.05, 4.69) is 15.6 Å². The number of nitrogens with one attached hydrogen (secondary N) is 2. The Kier molecular flexibility index (Phi) is 6.40. The van der Waals surface area contributed by atoms with E-state index in [4.69, 9.17) is 4.74 Å². The fourth-order valence-corrected chi connectivity index (χ4v) is 4.15. The van der Waals surface area contributed by atoms with Gasteiger partial charge < -0.3 is 15.4 Å². The summed E-state index contributed by atoms with van der Waals surface area (Å²) in [4.78, 5) is 16.2. The lowest BCUT2D eigenvalue weighted by Crippen LogP contribution is -2.41. The average molecular weight is 461 g/mol. The molecule has 1 aromatic heterocycles. The number of fused-ring (bicyclic) bond motifs is 1. The average Bonchev–Trinajstić information content (AvgIpc) is 2.79. The highest BCUT2D eigenvalue weighted by molar-refractivity contribution is 5.94. The molecule has 1 saturated carbocycles. The van der Waals surface area contributed by atoms with Crippen LogP contribution >= 0.6 is 0 Å². The van der Waals surface area contributed by atoms with E-state index in [9.17, 15) is 22.4 Å². The first-order valence-corrected chi connectivity index (χ1v) is 10.6. The Hall–Kier alpha value is -3.36. The number of amides is 1. The first-order valence-electron chi connectivity index (χ1n) is 10.6. The van der Waals surface area contributed by atoms with E-state index < -0.39 is 17.7 Å². The van der Waals surface area contributed by atoms with Gasteiger partial charge in [0.25, 0.3) is 5.91 Å². The molecule has 0 spiro atoms. The molecule has 5 nitrogen and oxygen atoms in total. The summed E-state index contributed by atoms with van der Waals surface area (Å²) >= 11 is 0. The topological polar surface area (TPSA) is 63.2 Å². The Morgan fingerprint density at radius 3 is 2.48 bits per heavy atom. The number of aromatic nitrogens is 1. The van der Waals surface area contributed by atoms with Crippen molar-refractivity contribution >= 4 is 22.5 Å². The Morgan fingerprint density at radius 2 is 1.79 bits per heavy atom. The Bertz CT molecular complexity index is 1150. The molecular formula is C24H23F4N3O2. The molecule has 1 fully saturated rings. The van der Waals surface area contributed by atoms with Crippen LogP contribution in [0.5, 0.6) is 5.75 Å². The third kappa shape index (κ3) is 5.35. The summed E-state index contributed by atoms with van der Waals surface area (Å²) in [6.07, 6.45) is -1.83. The first kappa shape index (κ1) is 22.8. The minimum Gasteiger partial charge on any atom is -0.497 e. The largest absolute Gasteiger partial charge is 0.497 e. The SMILES string of the molecule is COc1ccc(C(=O)N[C@@H]2CCC[C@H](Nc3cc(C(F)(F)F)nc4ccc(F)cc34)C2)cc1. The molecule has 0 bridgehead atoms. The minimum atomic E-state index is -4.62. The third-order valence-corrected chi connectivity index (χ3v) is 5.78. The van der Waals surface area contributed by atoms with Crippen LogP contribution in [0.25, 0.3) is 10.9 Å². The van der Waals surface area contributed by atoms with Gasteiger partial charge in [-0.3, -0.25) is 4.79 Å². The lowest BCUT2D eigenvalue weighted by atomic mass is 9.90. The van der Waals surface area contributed by atoms with Crippen molar-refractivity contribution in [3.63, 3.8) is 0 Å². The van der Waals surface area contributed by atoms with Gasteiger partial charge in [0, 0.05) is 28.7 Å². The molecule has 174 valence electrons. The smallest absolute Gasteiger partial charge is 0.433 e. The zero-order valence-electron chi connectivity index (χ0n) is 17.9. The zero-order chi connectivity index (χ0) is 23.6. The summed E-state index contributed by atoms with van der Waals surface area (Å²) < 4.78 is 59.0. The van der Waals surface area contributed by atoms with Gasteiger partial charge in [-0.2, -0.15) is 13.2 Å². The second kappa shape index (κ2) is 9.25.